The lowest BCUT2D eigenvalue weighted by Gasteiger charge is -2.19. The Bertz CT molecular complexity index is 513. The Balaban J connectivity index is 1.82. The molecule has 2 aromatic rings. The van der Waals surface area contributed by atoms with Crippen molar-refractivity contribution in [2.45, 2.75) is 0 Å². The van der Waals surface area contributed by atoms with Crippen LogP contribution in [-0.2, 0) is 0 Å². The van der Waals surface area contributed by atoms with E-state index in [1.165, 1.54) is 12.1 Å². The third-order valence-electron chi connectivity index (χ3n) is 2.78. The molecule has 0 saturated heterocycles. The minimum absolute atomic E-state index is 0.219. The van der Waals surface area contributed by atoms with Crippen LogP contribution in [0, 0.1) is 5.82 Å². The molecule has 0 saturated carbocycles. The van der Waals surface area contributed by atoms with Gasteiger partial charge in [-0.05, 0) is 48.5 Å². The summed E-state index contributed by atoms with van der Waals surface area (Å²) < 4.78 is 19.5. The number of likely N-dealkylation sites (N-methyl/N-ethyl adjacent to an activating group) is 1. The molecule has 0 fully saturated rings. The van der Waals surface area contributed by atoms with E-state index in [-0.39, 0.29) is 5.82 Å². The Morgan fingerprint density at radius 2 is 1.68 bits per heavy atom. The second-order valence-corrected chi connectivity index (χ2v) is 5.12. The number of halogens is 2. The monoisotopic (exact) mass is 323 g/mol. The van der Waals surface area contributed by atoms with Gasteiger partial charge in [0.1, 0.15) is 18.2 Å². The van der Waals surface area contributed by atoms with Gasteiger partial charge < -0.3 is 9.64 Å². The number of benzene rings is 2. The van der Waals surface area contributed by atoms with Gasteiger partial charge in [-0.15, -0.1) is 0 Å². The Morgan fingerprint density at radius 3 is 2.32 bits per heavy atom. The van der Waals surface area contributed by atoms with Gasteiger partial charge in [0.15, 0.2) is 0 Å². The average Bonchev–Trinajstić information content (AvgIpc) is 2.41. The van der Waals surface area contributed by atoms with Gasteiger partial charge in [0.05, 0.1) is 6.54 Å². The number of hydrogen-bond acceptors (Lipinski definition) is 2. The summed E-state index contributed by atoms with van der Waals surface area (Å²) >= 11 is 3.38. The van der Waals surface area contributed by atoms with Gasteiger partial charge in [-0.25, -0.2) is 4.39 Å². The van der Waals surface area contributed by atoms with Gasteiger partial charge in [-0.3, -0.25) is 0 Å². The molecule has 2 rings (SSSR count). The zero-order chi connectivity index (χ0) is 13.7. The summed E-state index contributed by atoms with van der Waals surface area (Å²) in [6.07, 6.45) is 0. The van der Waals surface area contributed by atoms with E-state index in [1.54, 1.807) is 12.1 Å². The molecule has 0 aliphatic heterocycles. The predicted octanol–water partition coefficient (Wildman–Crippen LogP) is 4.10. The highest BCUT2D eigenvalue weighted by Gasteiger charge is 2.01. The molecular weight excluding hydrogens is 309 g/mol. The number of hydrogen-bond donors (Lipinski definition) is 0. The van der Waals surface area contributed by atoms with Crippen molar-refractivity contribution in [2.24, 2.45) is 0 Å². The molecule has 0 aliphatic rings. The Hall–Kier alpha value is -1.55. The fourth-order valence-electron chi connectivity index (χ4n) is 1.66. The largest absolute Gasteiger partial charge is 0.492 e. The van der Waals surface area contributed by atoms with Crippen molar-refractivity contribution in [2.75, 3.05) is 25.1 Å². The minimum atomic E-state index is -0.219. The van der Waals surface area contributed by atoms with E-state index in [0.29, 0.717) is 6.61 Å². The van der Waals surface area contributed by atoms with E-state index in [1.807, 2.05) is 36.2 Å². The summed E-state index contributed by atoms with van der Waals surface area (Å²) in [5.41, 5.74) is 0.973. The molecule has 0 radical (unpaired) electrons. The molecule has 0 bridgehead atoms. The van der Waals surface area contributed by atoms with Crippen LogP contribution < -0.4 is 9.64 Å². The first-order valence-electron chi connectivity index (χ1n) is 6.00. The average molecular weight is 324 g/mol. The summed E-state index contributed by atoms with van der Waals surface area (Å²) in [7, 11) is 1.96. The molecule has 2 aromatic carbocycles. The first-order valence-corrected chi connectivity index (χ1v) is 6.79. The Kier molecular flexibility index (Phi) is 4.80. The van der Waals surface area contributed by atoms with E-state index < -0.39 is 0 Å². The molecule has 0 atom stereocenters. The molecule has 2 nitrogen and oxygen atoms in total. The second kappa shape index (κ2) is 6.57. The van der Waals surface area contributed by atoms with Crippen molar-refractivity contribution in [1.82, 2.24) is 0 Å². The molecule has 0 amide bonds. The first kappa shape index (κ1) is 13.9. The predicted molar refractivity (Wildman–Crippen MR) is 79.3 cm³/mol. The molecule has 0 heterocycles. The lowest BCUT2D eigenvalue weighted by Crippen LogP contribution is -2.23. The fourth-order valence-corrected chi connectivity index (χ4v) is 1.92. The van der Waals surface area contributed by atoms with E-state index >= 15 is 0 Å². The van der Waals surface area contributed by atoms with Crippen LogP contribution in [0.4, 0.5) is 10.1 Å². The van der Waals surface area contributed by atoms with Gasteiger partial charge >= 0.3 is 0 Å². The summed E-state index contributed by atoms with van der Waals surface area (Å²) in [6.45, 7) is 1.32. The van der Waals surface area contributed by atoms with Crippen molar-refractivity contribution in [1.29, 1.82) is 0 Å². The van der Waals surface area contributed by atoms with Gasteiger partial charge in [-0.1, -0.05) is 15.9 Å². The number of rotatable bonds is 5. The Labute approximate surface area is 120 Å². The number of anilines is 1. The lowest BCUT2D eigenvalue weighted by atomic mass is 10.3. The zero-order valence-electron chi connectivity index (χ0n) is 10.6. The molecule has 0 spiro atoms. The molecule has 19 heavy (non-hydrogen) atoms. The standard InChI is InChI=1S/C15H15BrFNO/c1-18(14-6-4-13(17)5-7-14)10-11-19-15-8-2-12(16)3-9-15/h2-9H,10-11H2,1H3. The normalized spacial score (nSPS) is 10.3. The van der Waals surface area contributed by atoms with Crippen LogP contribution >= 0.6 is 15.9 Å². The van der Waals surface area contributed by atoms with Crippen molar-refractivity contribution in [3.8, 4) is 5.75 Å². The van der Waals surface area contributed by atoms with Crippen LogP contribution in [0.15, 0.2) is 53.0 Å². The van der Waals surface area contributed by atoms with Crippen LogP contribution in [0.3, 0.4) is 0 Å². The number of ether oxygens (including phenoxy) is 1. The highest BCUT2D eigenvalue weighted by atomic mass is 79.9. The van der Waals surface area contributed by atoms with Gasteiger partial charge in [0, 0.05) is 17.2 Å². The van der Waals surface area contributed by atoms with Crippen LogP contribution in [0.25, 0.3) is 0 Å². The Morgan fingerprint density at radius 1 is 1.05 bits per heavy atom. The summed E-state index contributed by atoms with van der Waals surface area (Å²) in [5, 5.41) is 0. The van der Waals surface area contributed by atoms with Crippen LogP contribution in [-0.4, -0.2) is 20.2 Å². The third-order valence-corrected chi connectivity index (χ3v) is 3.31. The van der Waals surface area contributed by atoms with Crippen LogP contribution in [0.2, 0.25) is 0 Å². The second-order valence-electron chi connectivity index (χ2n) is 4.20. The zero-order valence-corrected chi connectivity index (χ0v) is 12.2. The highest BCUT2D eigenvalue weighted by molar-refractivity contribution is 9.10. The van der Waals surface area contributed by atoms with Gasteiger partial charge in [0.2, 0.25) is 0 Å². The maximum absolute atomic E-state index is 12.8. The quantitative estimate of drug-likeness (QED) is 0.821. The smallest absolute Gasteiger partial charge is 0.123 e. The van der Waals surface area contributed by atoms with E-state index in [2.05, 4.69) is 15.9 Å². The highest BCUT2D eigenvalue weighted by Crippen LogP contribution is 2.16. The van der Waals surface area contributed by atoms with Gasteiger partial charge in [-0.2, -0.15) is 0 Å². The third kappa shape index (κ3) is 4.24. The fraction of sp³-hybridized carbons (Fsp3) is 0.200. The topological polar surface area (TPSA) is 12.5 Å². The van der Waals surface area contributed by atoms with E-state index in [0.717, 1.165) is 22.5 Å². The van der Waals surface area contributed by atoms with Gasteiger partial charge in [0.25, 0.3) is 0 Å². The molecule has 0 N–H and O–H groups in total. The molecule has 0 unspecified atom stereocenters. The summed E-state index contributed by atoms with van der Waals surface area (Å²) in [4.78, 5) is 2.03. The molecule has 100 valence electrons. The van der Waals surface area contributed by atoms with Crippen molar-refractivity contribution in [3.63, 3.8) is 0 Å². The molecule has 0 aromatic heterocycles. The number of nitrogens with zero attached hydrogens (tertiary/aromatic N) is 1. The summed E-state index contributed by atoms with van der Waals surface area (Å²) in [6, 6.07) is 14.2. The first-order chi connectivity index (χ1) is 9.15. The SMILES string of the molecule is CN(CCOc1ccc(Br)cc1)c1ccc(F)cc1. The van der Waals surface area contributed by atoms with Crippen LogP contribution in [0.5, 0.6) is 5.75 Å². The summed E-state index contributed by atoms with van der Waals surface area (Å²) in [5.74, 6) is 0.624. The maximum Gasteiger partial charge on any atom is 0.123 e. The van der Waals surface area contributed by atoms with E-state index in [4.69, 9.17) is 4.74 Å². The van der Waals surface area contributed by atoms with E-state index in [9.17, 15) is 4.39 Å². The van der Waals surface area contributed by atoms with Crippen molar-refractivity contribution >= 4 is 21.6 Å². The van der Waals surface area contributed by atoms with Crippen molar-refractivity contribution < 1.29 is 9.13 Å². The maximum atomic E-state index is 12.8. The molecular formula is C15H15BrFNO. The van der Waals surface area contributed by atoms with Crippen molar-refractivity contribution in [3.05, 3.63) is 58.8 Å². The van der Waals surface area contributed by atoms with Crippen LogP contribution in [0.1, 0.15) is 0 Å². The molecule has 4 heteroatoms. The molecule has 0 aliphatic carbocycles. The lowest BCUT2D eigenvalue weighted by molar-refractivity contribution is 0.326. The minimum Gasteiger partial charge on any atom is -0.492 e.